The van der Waals surface area contributed by atoms with Crippen molar-refractivity contribution in [3.63, 3.8) is 0 Å². The summed E-state index contributed by atoms with van der Waals surface area (Å²) >= 11 is 2.86. The van der Waals surface area contributed by atoms with Gasteiger partial charge in [0.05, 0.1) is 0 Å². The van der Waals surface area contributed by atoms with Crippen molar-refractivity contribution >= 4 is 35.0 Å². The standard InChI is InChI=1S/C16H21N3O3S2/c20-14-5-4-12(10-18-6-2-1-3-7-18)19(14)8-9-23-16-17-13(11-24-16)15(21)22/h1-2,11-12H,3-10H2,(H,21,22). The van der Waals surface area contributed by atoms with Crippen molar-refractivity contribution in [2.24, 2.45) is 0 Å². The van der Waals surface area contributed by atoms with Gasteiger partial charge in [-0.3, -0.25) is 9.69 Å². The fraction of sp³-hybridized carbons (Fsp3) is 0.562. The zero-order valence-electron chi connectivity index (χ0n) is 13.4. The second-order valence-corrected chi connectivity index (χ2v) is 8.15. The third-order valence-corrected chi connectivity index (χ3v) is 6.32. The third-order valence-electron chi connectivity index (χ3n) is 4.32. The van der Waals surface area contributed by atoms with Crippen molar-refractivity contribution in [3.8, 4) is 0 Å². The average molecular weight is 367 g/mol. The van der Waals surface area contributed by atoms with Crippen molar-refractivity contribution < 1.29 is 14.7 Å². The molecule has 2 aliphatic heterocycles. The summed E-state index contributed by atoms with van der Waals surface area (Å²) in [5, 5.41) is 10.4. The predicted molar refractivity (Wildman–Crippen MR) is 94.7 cm³/mol. The summed E-state index contributed by atoms with van der Waals surface area (Å²) in [6.07, 6.45) is 7.07. The number of carboxylic acid groups (broad SMARTS) is 1. The number of amides is 1. The number of rotatable bonds is 7. The van der Waals surface area contributed by atoms with Gasteiger partial charge in [0.25, 0.3) is 0 Å². The second kappa shape index (κ2) is 8.13. The highest BCUT2D eigenvalue weighted by molar-refractivity contribution is 8.01. The van der Waals surface area contributed by atoms with E-state index in [1.165, 1.54) is 23.1 Å². The van der Waals surface area contributed by atoms with Crippen molar-refractivity contribution in [2.75, 3.05) is 31.9 Å². The van der Waals surface area contributed by atoms with Crippen molar-refractivity contribution in [3.05, 3.63) is 23.2 Å². The van der Waals surface area contributed by atoms with E-state index in [4.69, 9.17) is 5.11 Å². The van der Waals surface area contributed by atoms with E-state index < -0.39 is 5.97 Å². The highest BCUT2D eigenvalue weighted by Gasteiger charge is 2.31. The molecule has 0 radical (unpaired) electrons. The molecule has 1 N–H and O–H groups in total. The molecule has 8 heteroatoms. The first kappa shape index (κ1) is 17.4. The largest absolute Gasteiger partial charge is 0.476 e. The Morgan fingerprint density at radius 2 is 2.33 bits per heavy atom. The number of carbonyl (C=O) groups is 2. The number of thiazole rings is 1. The molecule has 1 unspecified atom stereocenters. The smallest absolute Gasteiger partial charge is 0.355 e. The molecule has 2 aliphatic rings. The number of thioether (sulfide) groups is 1. The fourth-order valence-electron chi connectivity index (χ4n) is 3.10. The number of hydrogen-bond donors (Lipinski definition) is 1. The van der Waals surface area contributed by atoms with Crippen LogP contribution in [0.15, 0.2) is 21.9 Å². The van der Waals surface area contributed by atoms with Crippen molar-refractivity contribution in [1.82, 2.24) is 14.8 Å². The molecule has 1 aromatic heterocycles. The maximum Gasteiger partial charge on any atom is 0.355 e. The monoisotopic (exact) mass is 367 g/mol. The van der Waals surface area contributed by atoms with E-state index >= 15 is 0 Å². The summed E-state index contributed by atoms with van der Waals surface area (Å²) in [5.74, 6) is -0.0173. The second-order valence-electron chi connectivity index (χ2n) is 5.95. The van der Waals surface area contributed by atoms with E-state index in [1.807, 2.05) is 4.90 Å². The van der Waals surface area contributed by atoms with E-state index in [-0.39, 0.29) is 11.6 Å². The fourth-order valence-corrected chi connectivity index (χ4v) is 4.91. The Hall–Kier alpha value is -1.38. The molecule has 6 nitrogen and oxygen atoms in total. The van der Waals surface area contributed by atoms with Gasteiger partial charge in [0.15, 0.2) is 10.0 Å². The third kappa shape index (κ3) is 4.37. The van der Waals surface area contributed by atoms with Crippen LogP contribution < -0.4 is 0 Å². The minimum Gasteiger partial charge on any atom is -0.476 e. The van der Waals surface area contributed by atoms with Gasteiger partial charge in [-0.1, -0.05) is 23.9 Å². The first-order valence-corrected chi connectivity index (χ1v) is 9.98. The Morgan fingerprint density at radius 1 is 1.46 bits per heavy atom. The maximum atomic E-state index is 12.2. The molecule has 0 spiro atoms. The van der Waals surface area contributed by atoms with Crippen LogP contribution >= 0.6 is 23.1 Å². The van der Waals surface area contributed by atoms with E-state index in [0.29, 0.717) is 19.0 Å². The molecular formula is C16H21N3O3S2. The molecule has 1 atom stereocenters. The molecular weight excluding hydrogens is 346 g/mol. The van der Waals surface area contributed by atoms with Crippen LogP contribution in [0.3, 0.4) is 0 Å². The molecule has 130 valence electrons. The highest BCUT2D eigenvalue weighted by Crippen LogP contribution is 2.25. The molecule has 0 aliphatic carbocycles. The minimum absolute atomic E-state index is 0.0933. The normalized spacial score (nSPS) is 21.6. The summed E-state index contributed by atoms with van der Waals surface area (Å²) in [5.41, 5.74) is 0.0933. The van der Waals surface area contributed by atoms with Crippen LogP contribution in [0.4, 0.5) is 0 Å². The molecule has 0 saturated carbocycles. The summed E-state index contributed by atoms with van der Waals surface area (Å²) in [7, 11) is 0. The van der Waals surface area contributed by atoms with Gasteiger partial charge in [0.1, 0.15) is 0 Å². The summed E-state index contributed by atoms with van der Waals surface area (Å²) in [6.45, 7) is 3.69. The van der Waals surface area contributed by atoms with Crippen LogP contribution in [-0.2, 0) is 4.79 Å². The van der Waals surface area contributed by atoms with E-state index in [0.717, 1.165) is 42.6 Å². The van der Waals surface area contributed by atoms with Gasteiger partial charge in [-0.15, -0.1) is 11.3 Å². The summed E-state index contributed by atoms with van der Waals surface area (Å²) in [4.78, 5) is 31.5. The Balaban J connectivity index is 1.49. The van der Waals surface area contributed by atoms with E-state index in [1.54, 1.807) is 5.38 Å². The number of aromatic carboxylic acids is 1. The zero-order valence-corrected chi connectivity index (χ0v) is 15.0. The zero-order chi connectivity index (χ0) is 16.9. The van der Waals surface area contributed by atoms with Gasteiger partial charge in [-0.25, -0.2) is 9.78 Å². The van der Waals surface area contributed by atoms with Crippen LogP contribution in [0.2, 0.25) is 0 Å². The van der Waals surface area contributed by atoms with E-state index in [9.17, 15) is 9.59 Å². The number of aromatic nitrogens is 1. The van der Waals surface area contributed by atoms with Crippen LogP contribution in [0.1, 0.15) is 29.8 Å². The Bertz CT molecular complexity index is 632. The number of hydrogen-bond acceptors (Lipinski definition) is 6. The van der Waals surface area contributed by atoms with Crippen LogP contribution in [0.5, 0.6) is 0 Å². The Kier molecular flexibility index (Phi) is 5.91. The molecule has 3 rings (SSSR count). The average Bonchev–Trinajstić information content (AvgIpc) is 3.18. The SMILES string of the molecule is O=C(O)c1csc(SCCN2C(=O)CCC2CN2CC=CCC2)n1. The molecule has 3 heterocycles. The number of likely N-dealkylation sites (tertiary alicyclic amines) is 1. The minimum atomic E-state index is -0.997. The van der Waals surface area contributed by atoms with Crippen molar-refractivity contribution in [1.29, 1.82) is 0 Å². The molecule has 0 bridgehead atoms. The topological polar surface area (TPSA) is 73.7 Å². The molecule has 24 heavy (non-hydrogen) atoms. The lowest BCUT2D eigenvalue weighted by atomic mass is 10.1. The summed E-state index contributed by atoms with van der Waals surface area (Å²) < 4.78 is 0.747. The van der Waals surface area contributed by atoms with Gasteiger partial charge in [-0.2, -0.15) is 0 Å². The number of carboxylic acids is 1. The highest BCUT2D eigenvalue weighted by atomic mass is 32.2. The lowest BCUT2D eigenvalue weighted by molar-refractivity contribution is -0.128. The van der Waals surface area contributed by atoms with Crippen LogP contribution in [0.25, 0.3) is 0 Å². The number of nitrogens with zero attached hydrogens (tertiary/aromatic N) is 3. The van der Waals surface area contributed by atoms with Gasteiger partial charge < -0.3 is 10.0 Å². The quantitative estimate of drug-likeness (QED) is 0.588. The van der Waals surface area contributed by atoms with Gasteiger partial charge in [-0.05, 0) is 12.8 Å². The Morgan fingerprint density at radius 3 is 3.04 bits per heavy atom. The van der Waals surface area contributed by atoms with Crippen molar-refractivity contribution in [2.45, 2.75) is 29.6 Å². The predicted octanol–water partition coefficient (Wildman–Crippen LogP) is 2.19. The number of carbonyl (C=O) groups excluding carboxylic acids is 1. The first-order chi connectivity index (χ1) is 11.6. The summed E-state index contributed by atoms with van der Waals surface area (Å²) in [6, 6.07) is 0.301. The lowest BCUT2D eigenvalue weighted by Crippen LogP contribution is -2.43. The molecule has 1 amide bonds. The van der Waals surface area contributed by atoms with Gasteiger partial charge in [0, 0.05) is 49.8 Å². The molecule has 0 aromatic carbocycles. The Labute approximate surface area is 149 Å². The first-order valence-electron chi connectivity index (χ1n) is 8.12. The molecule has 1 aromatic rings. The van der Waals surface area contributed by atoms with E-state index in [2.05, 4.69) is 22.0 Å². The lowest BCUT2D eigenvalue weighted by Gasteiger charge is -2.31. The molecule has 1 saturated heterocycles. The van der Waals surface area contributed by atoms with Gasteiger partial charge in [0.2, 0.25) is 5.91 Å². The van der Waals surface area contributed by atoms with Crippen LogP contribution in [0, 0.1) is 0 Å². The molecule has 1 fully saturated rings. The van der Waals surface area contributed by atoms with Crippen LogP contribution in [-0.4, -0.2) is 69.7 Å². The van der Waals surface area contributed by atoms with Gasteiger partial charge >= 0.3 is 5.97 Å². The maximum absolute atomic E-state index is 12.2.